The molecule has 0 spiro atoms. The molecule has 1 heterocycles. The number of nitrogens with one attached hydrogen (secondary N) is 1. The predicted octanol–water partition coefficient (Wildman–Crippen LogP) is 3.08. The molecule has 0 unspecified atom stereocenters. The van der Waals surface area contributed by atoms with Crippen LogP contribution in [0.3, 0.4) is 0 Å². The molecule has 0 saturated heterocycles. The van der Waals surface area contributed by atoms with Gasteiger partial charge in [-0.2, -0.15) is 13.2 Å². The minimum atomic E-state index is -4.04. The monoisotopic (exact) mass is 246 g/mol. The van der Waals surface area contributed by atoms with E-state index in [1.54, 1.807) is 0 Å². The Bertz CT molecular complexity index is 353. The summed E-state index contributed by atoms with van der Waals surface area (Å²) in [6.07, 6.45) is -0.321. The molecular weight excluding hydrogens is 229 g/mol. The number of rotatable bonds is 6. The van der Waals surface area contributed by atoms with Gasteiger partial charge in [0.1, 0.15) is 0 Å². The summed E-state index contributed by atoms with van der Waals surface area (Å²) >= 11 is 0. The Kier molecular flexibility index (Phi) is 3.76. The highest BCUT2D eigenvalue weighted by atomic mass is 19.4. The lowest BCUT2D eigenvalue weighted by atomic mass is 10.3. The second kappa shape index (κ2) is 5.12. The normalized spacial score (nSPS) is 16.4. The quantitative estimate of drug-likeness (QED) is 0.816. The molecule has 1 aliphatic rings. The van der Waals surface area contributed by atoms with Crippen LogP contribution < -0.4 is 5.32 Å². The van der Waals surface area contributed by atoms with Crippen LogP contribution in [0, 0.1) is 0 Å². The summed E-state index contributed by atoms with van der Waals surface area (Å²) < 4.78 is 38.0. The molecule has 2 rings (SSSR count). The molecule has 1 N–H and O–H groups in total. The summed E-state index contributed by atoms with van der Waals surface area (Å²) in [7, 11) is 0. The number of halogens is 3. The first-order valence-corrected chi connectivity index (χ1v) is 5.99. The molecule has 0 radical (unpaired) electrons. The summed E-state index contributed by atoms with van der Waals surface area (Å²) in [5.74, 6) is 0. The Morgan fingerprint density at radius 3 is 2.76 bits per heavy atom. The van der Waals surface area contributed by atoms with Crippen LogP contribution in [0.15, 0.2) is 18.3 Å². The van der Waals surface area contributed by atoms with Crippen molar-refractivity contribution in [3.05, 3.63) is 24.0 Å². The molecule has 2 nitrogen and oxygen atoms in total. The van der Waals surface area contributed by atoms with Crippen molar-refractivity contribution in [3.63, 3.8) is 0 Å². The third-order valence-electron chi connectivity index (χ3n) is 2.93. The van der Waals surface area contributed by atoms with Gasteiger partial charge in [-0.15, -0.1) is 0 Å². The van der Waals surface area contributed by atoms with E-state index in [1.807, 2.05) is 22.9 Å². The third kappa shape index (κ3) is 4.42. The molecule has 0 aliphatic heterocycles. The van der Waals surface area contributed by atoms with Crippen molar-refractivity contribution < 1.29 is 13.2 Å². The molecule has 17 heavy (non-hydrogen) atoms. The highest BCUT2D eigenvalue weighted by molar-refractivity contribution is 5.07. The predicted molar refractivity (Wildman–Crippen MR) is 59.6 cm³/mol. The maximum atomic E-state index is 12.0. The molecule has 0 aromatic carbocycles. The van der Waals surface area contributed by atoms with E-state index in [0.29, 0.717) is 12.6 Å². The highest BCUT2D eigenvalue weighted by Gasteiger charge is 2.26. The molecule has 1 aliphatic carbocycles. The molecule has 5 heteroatoms. The van der Waals surface area contributed by atoms with Gasteiger partial charge in [-0.25, -0.2) is 0 Å². The average Bonchev–Trinajstić information content (AvgIpc) is 2.95. The number of aromatic nitrogens is 1. The maximum absolute atomic E-state index is 12.0. The molecule has 0 amide bonds. The Balaban J connectivity index is 1.76. The van der Waals surface area contributed by atoms with Crippen LogP contribution in [-0.4, -0.2) is 16.8 Å². The van der Waals surface area contributed by atoms with E-state index in [0.717, 1.165) is 12.2 Å². The summed E-state index contributed by atoms with van der Waals surface area (Å²) in [6, 6.07) is 4.47. The molecule has 1 aromatic heterocycles. The maximum Gasteiger partial charge on any atom is 0.389 e. The minimum Gasteiger partial charge on any atom is -0.350 e. The van der Waals surface area contributed by atoms with E-state index < -0.39 is 12.6 Å². The molecule has 1 aromatic rings. The van der Waals surface area contributed by atoms with Crippen molar-refractivity contribution in [3.8, 4) is 0 Å². The SMILES string of the molecule is FC(F)(F)CCCn1cccc1CNC1CC1. The summed E-state index contributed by atoms with van der Waals surface area (Å²) in [4.78, 5) is 0. The van der Waals surface area contributed by atoms with Gasteiger partial charge in [0.2, 0.25) is 0 Å². The Morgan fingerprint density at radius 1 is 1.35 bits per heavy atom. The molecule has 0 atom stereocenters. The van der Waals surface area contributed by atoms with E-state index in [4.69, 9.17) is 0 Å². The van der Waals surface area contributed by atoms with Crippen LogP contribution in [0.25, 0.3) is 0 Å². The second-order valence-corrected chi connectivity index (χ2v) is 4.57. The van der Waals surface area contributed by atoms with Gasteiger partial charge in [0.25, 0.3) is 0 Å². The number of hydrogen-bond donors (Lipinski definition) is 1. The fourth-order valence-corrected chi connectivity index (χ4v) is 1.81. The largest absolute Gasteiger partial charge is 0.389 e. The van der Waals surface area contributed by atoms with Crippen LogP contribution in [0.1, 0.15) is 31.4 Å². The number of hydrogen-bond acceptors (Lipinski definition) is 1. The van der Waals surface area contributed by atoms with Gasteiger partial charge in [0.15, 0.2) is 0 Å². The van der Waals surface area contributed by atoms with E-state index in [1.165, 1.54) is 12.8 Å². The van der Waals surface area contributed by atoms with Gasteiger partial charge in [-0.05, 0) is 31.4 Å². The first-order chi connectivity index (χ1) is 8.04. The van der Waals surface area contributed by atoms with E-state index in [-0.39, 0.29) is 6.42 Å². The standard InChI is InChI=1S/C12H17F3N2/c13-12(14,15)6-2-8-17-7-1-3-11(17)9-16-10-4-5-10/h1,3,7,10,16H,2,4-6,8-9H2. The number of alkyl halides is 3. The lowest BCUT2D eigenvalue weighted by molar-refractivity contribution is -0.135. The van der Waals surface area contributed by atoms with Gasteiger partial charge >= 0.3 is 6.18 Å². The Morgan fingerprint density at radius 2 is 2.12 bits per heavy atom. The van der Waals surface area contributed by atoms with Crippen LogP contribution in [0.5, 0.6) is 0 Å². The summed E-state index contributed by atoms with van der Waals surface area (Å²) in [5, 5.41) is 3.36. The van der Waals surface area contributed by atoms with E-state index in [9.17, 15) is 13.2 Å². The Labute approximate surface area is 98.8 Å². The third-order valence-corrected chi connectivity index (χ3v) is 2.93. The van der Waals surface area contributed by atoms with Crippen LogP contribution in [0.4, 0.5) is 13.2 Å². The van der Waals surface area contributed by atoms with E-state index >= 15 is 0 Å². The summed E-state index contributed by atoms with van der Waals surface area (Å²) in [5.41, 5.74) is 1.07. The highest BCUT2D eigenvalue weighted by Crippen LogP contribution is 2.22. The Hall–Kier alpha value is -0.970. The number of aryl methyl sites for hydroxylation is 1. The second-order valence-electron chi connectivity index (χ2n) is 4.57. The zero-order chi connectivity index (χ0) is 12.3. The van der Waals surface area contributed by atoms with Gasteiger partial charge in [-0.1, -0.05) is 0 Å². The van der Waals surface area contributed by atoms with Crippen molar-refractivity contribution in [2.75, 3.05) is 0 Å². The minimum absolute atomic E-state index is 0.147. The van der Waals surface area contributed by atoms with Crippen molar-refractivity contribution in [2.24, 2.45) is 0 Å². The van der Waals surface area contributed by atoms with Crippen LogP contribution in [-0.2, 0) is 13.1 Å². The summed E-state index contributed by atoms with van der Waals surface area (Å²) in [6.45, 7) is 1.19. The topological polar surface area (TPSA) is 17.0 Å². The van der Waals surface area contributed by atoms with Gasteiger partial charge < -0.3 is 9.88 Å². The van der Waals surface area contributed by atoms with Crippen molar-refractivity contribution >= 4 is 0 Å². The van der Waals surface area contributed by atoms with Gasteiger partial charge in [0.05, 0.1) is 0 Å². The molecule has 1 fully saturated rings. The van der Waals surface area contributed by atoms with Crippen LogP contribution in [0.2, 0.25) is 0 Å². The van der Waals surface area contributed by atoms with Gasteiger partial charge in [-0.3, -0.25) is 0 Å². The molecule has 96 valence electrons. The molecule has 0 bridgehead atoms. The number of nitrogens with zero attached hydrogens (tertiary/aromatic N) is 1. The molecule has 1 saturated carbocycles. The zero-order valence-corrected chi connectivity index (χ0v) is 9.63. The van der Waals surface area contributed by atoms with Crippen molar-refractivity contribution in [1.82, 2.24) is 9.88 Å². The fourth-order valence-electron chi connectivity index (χ4n) is 1.81. The zero-order valence-electron chi connectivity index (χ0n) is 9.63. The van der Waals surface area contributed by atoms with Crippen molar-refractivity contribution in [2.45, 2.75) is 51.0 Å². The molecular formula is C12H17F3N2. The smallest absolute Gasteiger partial charge is 0.350 e. The van der Waals surface area contributed by atoms with Crippen LogP contribution >= 0.6 is 0 Å². The fraction of sp³-hybridized carbons (Fsp3) is 0.667. The lowest BCUT2D eigenvalue weighted by Gasteiger charge is -2.11. The first kappa shape index (κ1) is 12.5. The lowest BCUT2D eigenvalue weighted by Crippen LogP contribution is -2.18. The van der Waals surface area contributed by atoms with E-state index in [2.05, 4.69) is 5.32 Å². The van der Waals surface area contributed by atoms with Gasteiger partial charge in [0, 0.05) is 37.4 Å². The first-order valence-electron chi connectivity index (χ1n) is 5.99. The average molecular weight is 246 g/mol. The van der Waals surface area contributed by atoms with Crippen molar-refractivity contribution in [1.29, 1.82) is 0 Å².